The summed E-state index contributed by atoms with van der Waals surface area (Å²) in [6.07, 6.45) is 7.80. The van der Waals surface area contributed by atoms with E-state index in [0.717, 1.165) is 70.3 Å². The van der Waals surface area contributed by atoms with Crippen LogP contribution in [0, 0.1) is 0 Å². The smallest absolute Gasteiger partial charge is 0.253 e. The van der Waals surface area contributed by atoms with Gasteiger partial charge in [-0.3, -0.25) is 9.59 Å². The summed E-state index contributed by atoms with van der Waals surface area (Å²) in [5.41, 5.74) is 4.84. The number of carbonyl (C=O) groups excluding carboxylic acids is 2. The first-order valence-electron chi connectivity index (χ1n) is 12.8. The minimum atomic E-state index is -0.122. The summed E-state index contributed by atoms with van der Waals surface area (Å²) in [6.45, 7) is 5.05. The van der Waals surface area contributed by atoms with Crippen LogP contribution in [0.1, 0.15) is 73.4 Å². The number of carbonyl (C=O) groups is 2. The Morgan fingerprint density at radius 2 is 1.94 bits per heavy atom. The van der Waals surface area contributed by atoms with Gasteiger partial charge >= 0.3 is 0 Å². The van der Waals surface area contributed by atoms with Crippen LogP contribution in [0.4, 0.5) is 11.4 Å². The fourth-order valence-corrected chi connectivity index (χ4v) is 4.82. The van der Waals surface area contributed by atoms with Crippen molar-refractivity contribution in [3.63, 3.8) is 0 Å². The SMILES string of the molecule is CCCCCCC(=O)Nc1ccc(N2CCc3ccccc3C2)c(C(=O)NCC2CCCO2)c1. The molecule has 2 aromatic rings. The molecule has 0 radical (unpaired) electrons. The lowest BCUT2D eigenvalue weighted by Gasteiger charge is -2.32. The fraction of sp³-hybridized carbons (Fsp3) is 0.500. The van der Waals surface area contributed by atoms with Gasteiger partial charge in [0, 0.05) is 44.0 Å². The van der Waals surface area contributed by atoms with Crippen LogP contribution >= 0.6 is 0 Å². The number of benzene rings is 2. The molecule has 6 nitrogen and oxygen atoms in total. The van der Waals surface area contributed by atoms with Crippen LogP contribution in [0.2, 0.25) is 0 Å². The zero-order chi connectivity index (χ0) is 23.8. The number of hydrogen-bond donors (Lipinski definition) is 2. The first-order chi connectivity index (χ1) is 16.6. The summed E-state index contributed by atoms with van der Waals surface area (Å²) in [6, 6.07) is 14.2. The monoisotopic (exact) mass is 463 g/mol. The molecule has 34 heavy (non-hydrogen) atoms. The second-order valence-corrected chi connectivity index (χ2v) is 9.38. The van der Waals surface area contributed by atoms with Gasteiger partial charge in [0.2, 0.25) is 5.91 Å². The highest BCUT2D eigenvalue weighted by molar-refractivity contribution is 6.02. The minimum absolute atomic E-state index is 0.00136. The molecule has 1 fully saturated rings. The van der Waals surface area contributed by atoms with Gasteiger partial charge in [0.15, 0.2) is 0 Å². The number of unbranched alkanes of at least 4 members (excludes halogenated alkanes) is 3. The number of ether oxygens (including phenoxy) is 1. The number of anilines is 2. The van der Waals surface area contributed by atoms with Gasteiger partial charge in [0.25, 0.3) is 5.91 Å². The number of fused-ring (bicyclic) bond motifs is 1. The van der Waals surface area contributed by atoms with Crippen LogP contribution in [0.5, 0.6) is 0 Å². The molecule has 2 aliphatic rings. The predicted molar refractivity (Wildman–Crippen MR) is 136 cm³/mol. The first kappa shape index (κ1) is 24.3. The van der Waals surface area contributed by atoms with Crippen LogP contribution in [-0.4, -0.2) is 37.6 Å². The number of rotatable bonds is 10. The van der Waals surface area contributed by atoms with E-state index in [1.54, 1.807) is 0 Å². The number of hydrogen-bond acceptors (Lipinski definition) is 4. The normalized spacial score (nSPS) is 17.3. The Bertz CT molecular complexity index is 985. The lowest BCUT2D eigenvalue weighted by molar-refractivity contribution is -0.116. The molecule has 2 aliphatic heterocycles. The Hall–Kier alpha value is -2.86. The summed E-state index contributed by atoms with van der Waals surface area (Å²) in [7, 11) is 0. The number of nitrogens with one attached hydrogen (secondary N) is 2. The molecule has 4 rings (SSSR count). The quantitative estimate of drug-likeness (QED) is 0.483. The zero-order valence-corrected chi connectivity index (χ0v) is 20.3. The topological polar surface area (TPSA) is 70.7 Å². The third kappa shape index (κ3) is 6.38. The van der Waals surface area contributed by atoms with Gasteiger partial charge in [0.05, 0.1) is 11.7 Å². The Labute approximate surface area is 203 Å². The molecule has 1 unspecified atom stereocenters. The molecule has 2 amide bonds. The highest BCUT2D eigenvalue weighted by Gasteiger charge is 2.23. The van der Waals surface area contributed by atoms with Crippen molar-refractivity contribution in [1.29, 1.82) is 0 Å². The number of amides is 2. The summed E-state index contributed by atoms with van der Waals surface area (Å²) in [5, 5.41) is 6.06. The molecule has 2 aromatic carbocycles. The van der Waals surface area contributed by atoms with E-state index in [0.29, 0.717) is 24.2 Å². The van der Waals surface area contributed by atoms with Gasteiger partial charge in [-0.15, -0.1) is 0 Å². The lowest BCUT2D eigenvalue weighted by atomic mass is 9.98. The first-order valence-corrected chi connectivity index (χ1v) is 12.8. The van der Waals surface area contributed by atoms with Crippen molar-refractivity contribution in [2.45, 2.75) is 70.9 Å². The van der Waals surface area contributed by atoms with E-state index in [4.69, 9.17) is 4.74 Å². The van der Waals surface area contributed by atoms with Crippen molar-refractivity contribution >= 4 is 23.2 Å². The summed E-state index contributed by atoms with van der Waals surface area (Å²) < 4.78 is 5.67. The maximum Gasteiger partial charge on any atom is 0.253 e. The van der Waals surface area contributed by atoms with Crippen molar-refractivity contribution < 1.29 is 14.3 Å². The third-order valence-electron chi connectivity index (χ3n) is 6.77. The molecule has 1 saturated heterocycles. The molecule has 2 N–H and O–H groups in total. The van der Waals surface area contributed by atoms with E-state index < -0.39 is 0 Å². The van der Waals surface area contributed by atoms with Gasteiger partial charge in [-0.05, 0) is 55.0 Å². The maximum absolute atomic E-state index is 13.3. The van der Waals surface area contributed by atoms with Crippen molar-refractivity contribution in [3.05, 3.63) is 59.2 Å². The van der Waals surface area contributed by atoms with Crippen molar-refractivity contribution in [3.8, 4) is 0 Å². The molecular formula is C28H37N3O3. The van der Waals surface area contributed by atoms with Crippen LogP contribution < -0.4 is 15.5 Å². The van der Waals surface area contributed by atoms with E-state index in [2.05, 4.69) is 46.7 Å². The average molecular weight is 464 g/mol. The second kappa shape index (κ2) is 12.0. The summed E-state index contributed by atoms with van der Waals surface area (Å²) >= 11 is 0. The second-order valence-electron chi connectivity index (χ2n) is 9.38. The molecule has 0 bridgehead atoms. The molecule has 0 aromatic heterocycles. The van der Waals surface area contributed by atoms with Gasteiger partial charge in [-0.25, -0.2) is 0 Å². The highest BCUT2D eigenvalue weighted by atomic mass is 16.5. The van der Waals surface area contributed by atoms with Crippen molar-refractivity contribution in [2.75, 3.05) is 29.9 Å². The van der Waals surface area contributed by atoms with Gasteiger partial charge in [0.1, 0.15) is 0 Å². The molecule has 182 valence electrons. The minimum Gasteiger partial charge on any atom is -0.376 e. The van der Waals surface area contributed by atoms with E-state index in [-0.39, 0.29) is 17.9 Å². The van der Waals surface area contributed by atoms with Crippen LogP contribution in [0.3, 0.4) is 0 Å². The van der Waals surface area contributed by atoms with E-state index in [9.17, 15) is 9.59 Å². The summed E-state index contributed by atoms with van der Waals surface area (Å²) in [5.74, 6) is -0.120. The molecule has 0 spiro atoms. The fourth-order valence-electron chi connectivity index (χ4n) is 4.82. The molecule has 1 atom stereocenters. The van der Waals surface area contributed by atoms with E-state index >= 15 is 0 Å². The molecule has 2 heterocycles. The van der Waals surface area contributed by atoms with Gasteiger partial charge in [-0.1, -0.05) is 50.5 Å². The molecule has 0 aliphatic carbocycles. The Kier molecular flexibility index (Phi) is 8.58. The molecule has 6 heteroatoms. The molecule has 0 saturated carbocycles. The van der Waals surface area contributed by atoms with E-state index in [1.165, 1.54) is 11.1 Å². The zero-order valence-electron chi connectivity index (χ0n) is 20.3. The Balaban J connectivity index is 1.50. The summed E-state index contributed by atoms with van der Waals surface area (Å²) in [4.78, 5) is 28.0. The average Bonchev–Trinajstić information content (AvgIpc) is 3.39. The predicted octanol–water partition coefficient (Wildman–Crippen LogP) is 5.07. The van der Waals surface area contributed by atoms with Gasteiger partial charge in [-0.2, -0.15) is 0 Å². The Morgan fingerprint density at radius 1 is 1.09 bits per heavy atom. The van der Waals surface area contributed by atoms with Crippen LogP contribution in [0.15, 0.2) is 42.5 Å². The lowest BCUT2D eigenvalue weighted by Crippen LogP contribution is -2.35. The highest BCUT2D eigenvalue weighted by Crippen LogP contribution is 2.30. The largest absolute Gasteiger partial charge is 0.376 e. The standard InChI is InChI=1S/C28H37N3O3/c1-2-3-4-5-12-27(32)30-23-13-14-26(31-16-15-21-9-6-7-10-22(21)20-31)25(18-23)28(33)29-19-24-11-8-17-34-24/h6-7,9-10,13-14,18,24H,2-5,8,11-12,15-17,19-20H2,1H3,(H,29,33)(H,30,32). The van der Waals surface area contributed by atoms with Crippen molar-refractivity contribution in [2.24, 2.45) is 0 Å². The van der Waals surface area contributed by atoms with Crippen LogP contribution in [0.25, 0.3) is 0 Å². The van der Waals surface area contributed by atoms with E-state index in [1.807, 2.05) is 18.2 Å². The number of nitrogens with zero attached hydrogens (tertiary/aromatic N) is 1. The third-order valence-corrected chi connectivity index (χ3v) is 6.77. The van der Waals surface area contributed by atoms with Gasteiger partial charge < -0.3 is 20.3 Å². The van der Waals surface area contributed by atoms with Crippen LogP contribution in [-0.2, 0) is 22.5 Å². The van der Waals surface area contributed by atoms with Crippen molar-refractivity contribution in [1.82, 2.24) is 5.32 Å². The maximum atomic E-state index is 13.3. The molecular weight excluding hydrogens is 426 g/mol. The Morgan fingerprint density at radius 3 is 2.74 bits per heavy atom.